The fourth-order valence-electron chi connectivity index (χ4n) is 4.06. The van der Waals surface area contributed by atoms with Gasteiger partial charge in [0.2, 0.25) is 0 Å². The van der Waals surface area contributed by atoms with Crippen LogP contribution in [-0.4, -0.2) is 47.6 Å². The van der Waals surface area contributed by atoms with Crippen molar-refractivity contribution in [3.8, 4) is 0 Å². The molecule has 0 bridgehead atoms. The van der Waals surface area contributed by atoms with Crippen molar-refractivity contribution < 1.29 is 4.79 Å². The molecule has 3 N–H and O–H groups in total. The summed E-state index contributed by atoms with van der Waals surface area (Å²) in [6.07, 6.45) is 6.20. The number of aryl methyl sites for hydroxylation is 1. The molecule has 0 radical (unpaired) electrons. The van der Waals surface area contributed by atoms with Crippen LogP contribution in [0.15, 0.2) is 24.4 Å². The van der Waals surface area contributed by atoms with Gasteiger partial charge in [-0.2, -0.15) is 0 Å². The van der Waals surface area contributed by atoms with E-state index in [4.69, 9.17) is 11.6 Å². The molecule has 2 amide bonds. The first-order chi connectivity index (χ1) is 11.7. The van der Waals surface area contributed by atoms with Gasteiger partial charge in [-0.05, 0) is 49.9 Å². The predicted molar refractivity (Wildman–Crippen MR) is 96.5 cm³/mol. The smallest absolute Gasteiger partial charge is 0.317 e. The Morgan fingerprint density at radius 3 is 3.04 bits per heavy atom. The molecule has 2 fully saturated rings. The highest BCUT2D eigenvalue weighted by atomic mass is 35.5. The number of nitrogens with zero attached hydrogens (tertiary/aromatic N) is 1. The Morgan fingerprint density at radius 2 is 2.21 bits per heavy atom. The molecule has 2 aliphatic heterocycles. The van der Waals surface area contributed by atoms with Crippen molar-refractivity contribution in [1.29, 1.82) is 0 Å². The molecule has 24 heavy (non-hydrogen) atoms. The standard InChI is InChI=1S/C18H23ClN4O/c19-15-2-1-3-16-17(15)12(11-22-16)4-5-13-10-14(6-7-20-13)23-9-8-21-18(23)24/h1-3,11,13-14,20,22H,4-10H2,(H,21,24). The maximum Gasteiger partial charge on any atom is 0.317 e. The molecular formula is C18H23ClN4O. The number of H-pyrrole nitrogens is 1. The quantitative estimate of drug-likeness (QED) is 0.797. The molecule has 5 nitrogen and oxygen atoms in total. The van der Waals surface area contributed by atoms with Gasteiger partial charge in [0.05, 0.1) is 5.02 Å². The van der Waals surface area contributed by atoms with E-state index in [-0.39, 0.29) is 6.03 Å². The van der Waals surface area contributed by atoms with Gasteiger partial charge in [-0.3, -0.25) is 0 Å². The van der Waals surface area contributed by atoms with Crippen molar-refractivity contribution in [3.05, 3.63) is 35.0 Å². The van der Waals surface area contributed by atoms with E-state index in [1.807, 2.05) is 17.0 Å². The molecule has 1 aromatic carbocycles. The first kappa shape index (κ1) is 15.8. The lowest BCUT2D eigenvalue weighted by molar-refractivity contribution is 0.169. The van der Waals surface area contributed by atoms with E-state index < -0.39 is 0 Å². The van der Waals surface area contributed by atoms with Crippen LogP contribution in [0.1, 0.15) is 24.8 Å². The average Bonchev–Trinajstić information content (AvgIpc) is 3.20. The summed E-state index contributed by atoms with van der Waals surface area (Å²) < 4.78 is 0. The second-order valence-electron chi connectivity index (χ2n) is 6.77. The van der Waals surface area contributed by atoms with Crippen LogP contribution in [-0.2, 0) is 6.42 Å². The van der Waals surface area contributed by atoms with E-state index in [1.54, 1.807) is 0 Å². The third-order valence-electron chi connectivity index (χ3n) is 5.30. The summed E-state index contributed by atoms with van der Waals surface area (Å²) >= 11 is 6.36. The van der Waals surface area contributed by atoms with E-state index >= 15 is 0 Å². The molecular weight excluding hydrogens is 324 g/mol. The number of aromatic amines is 1. The number of halogens is 1. The van der Waals surface area contributed by atoms with Gasteiger partial charge >= 0.3 is 6.03 Å². The van der Waals surface area contributed by atoms with Crippen molar-refractivity contribution in [1.82, 2.24) is 20.5 Å². The van der Waals surface area contributed by atoms with E-state index in [2.05, 4.69) is 27.9 Å². The number of piperidine rings is 1. The zero-order valence-corrected chi connectivity index (χ0v) is 14.4. The normalized spacial score (nSPS) is 24.5. The van der Waals surface area contributed by atoms with E-state index in [0.29, 0.717) is 12.1 Å². The number of fused-ring (bicyclic) bond motifs is 1. The van der Waals surface area contributed by atoms with Crippen molar-refractivity contribution >= 4 is 28.5 Å². The Hall–Kier alpha value is -1.72. The van der Waals surface area contributed by atoms with Gasteiger partial charge in [-0.1, -0.05) is 17.7 Å². The Morgan fingerprint density at radius 1 is 1.29 bits per heavy atom. The molecule has 2 atom stereocenters. The lowest BCUT2D eigenvalue weighted by Crippen LogP contribution is -2.49. The van der Waals surface area contributed by atoms with Gasteiger partial charge < -0.3 is 20.5 Å². The Balaban J connectivity index is 1.41. The van der Waals surface area contributed by atoms with Crippen LogP contribution in [0.3, 0.4) is 0 Å². The van der Waals surface area contributed by atoms with Gasteiger partial charge in [-0.15, -0.1) is 0 Å². The lowest BCUT2D eigenvalue weighted by Gasteiger charge is -2.35. The molecule has 6 heteroatoms. The van der Waals surface area contributed by atoms with E-state index in [1.165, 1.54) is 5.56 Å². The number of hydrogen-bond acceptors (Lipinski definition) is 2. The van der Waals surface area contributed by atoms with Crippen molar-refractivity contribution in [2.24, 2.45) is 0 Å². The van der Waals surface area contributed by atoms with Crippen LogP contribution in [0.4, 0.5) is 4.79 Å². The molecule has 0 aliphatic carbocycles. The number of carbonyl (C=O) groups excluding carboxylic acids is 1. The second kappa shape index (κ2) is 6.65. The number of amides is 2. The van der Waals surface area contributed by atoms with Gasteiger partial charge in [0.25, 0.3) is 0 Å². The fourth-order valence-corrected chi connectivity index (χ4v) is 4.35. The number of hydrogen-bond donors (Lipinski definition) is 3. The first-order valence-corrected chi connectivity index (χ1v) is 9.12. The molecule has 2 unspecified atom stereocenters. The Bertz CT molecular complexity index is 744. The van der Waals surface area contributed by atoms with Crippen LogP contribution in [0.25, 0.3) is 10.9 Å². The molecule has 2 saturated heterocycles. The van der Waals surface area contributed by atoms with E-state index in [0.717, 1.165) is 61.2 Å². The topological polar surface area (TPSA) is 60.2 Å². The number of carbonyl (C=O) groups is 1. The maximum absolute atomic E-state index is 11.9. The molecule has 2 aromatic rings. The molecule has 0 spiro atoms. The number of nitrogens with one attached hydrogen (secondary N) is 3. The van der Waals surface area contributed by atoms with Crippen molar-refractivity contribution in [2.75, 3.05) is 19.6 Å². The molecule has 2 aliphatic rings. The van der Waals surface area contributed by atoms with Crippen molar-refractivity contribution in [3.63, 3.8) is 0 Å². The third-order valence-corrected chi connectivity index (χ3v) is 5.61. The predicted octanol–water partition coefficient (Wildman–Crippen LogP) is 2.90. The third kappa shape index (κ3) is 2.98. The van der Waals surface area contributed by atoms with Crippen LogP contribution in [0.5, 0.6) is 0 Å². The minimum absolute atomic E-state index is 0.101. The van der Waals surface area contributed by atoms with Gasteiger partial charge in [-0.25, -0.2) is 4.79 Å². The van der Waals surface area contributed by atoms with Crippen LogP contribution >= 0.6 is 11.6 Å². The highest BCUT2D eigenvalue weighted by molar-refractivity contribution is 6.35. The largest absolute Gasteiger partial charge is 0.361 e. The molecule has 4 rings (SSSR count). The zero-order chi connectivity index (χ0) is 16.5. The van der Waals surface area contributed by atoms with Crippen LogP contribution in [0.2, 0.25) is 5.02 Å². The van der Waals surface area contributed by atoms with Gasteiger partial charge in [0.15, 0.2) is 0 Å². The lowest BCUT2D eigenvalue weighted by atomic mass is 9.93. The summed E-state index contributed by atoms with van der Waals surface area (Å²) in [5, 5.41) is 8.48. The fraction of sp³-hybridized carbons (Fsp3) is 0.500. The van der Waals surface area contributed by atoms with Crippen molar-refractivity contribution in [2.45, 2.75) is 37.8 Å². The first-order valence-electron chi connectivity index (χ1n) is 8.74. The number of rotatable bonds is 4. The van der Waals surface area contributed by atoms with Crippen LogP contribution < -0.4 is 10.6 Å². The second-order valence-corrected chi connectivity index (χ2v) is 7.18. The van der Waals surface area contributed by atoms with Gasteiger partial charge in [0, 0.05) is 42.3 Å². The van der Waals surface area contributed by atoms with E-state index in [9.17, 15) is 4.79 Å². The molecule has 128 valence electrons. The number of aromatic nitrogens is 1. The SMILES string of the molecule is O=C1NCCN1C1CCNC(CCc2c[nH]c3cccc(Cl)c23)C1. The molecule has 0 saturated carbocycles. The highest BCUT2D eigenvalue weighted by Gasteiger charge is 2.31. The number of urea groups is 1. The van der Waals surface area contributed by atoms with Crippen LogP contribution in [0, 0.1) is 0 Å². The summed E-state index contributed by atoms with van der Waals surface area (Å²) in [6.45, 7) is 2.60. The average molecular weight is 347 g/mol. The number of benzene rings is 1. The highest BCUT2D eigenvalue weighted by Crippen LogP contribution is 2.28. The Kier molecular flexibility index (Phi) is 4.37. The summed E-state index contributed by atoms with van der Waals surface area (Å²) in [5.74, 6) is 0. The maximum atomic E-state index is 11.9. The summed E-state index contributed by atoms with van der Waals surface area (Å²) in [5.41, 5.74) is 2.37. The Labute approximate surface area is 146 Å². The summed E-state index contributed by atoms with van der Waals surface area (Å²) in [4.78, 5) is 17.2. The summed E-state index contributed by atoms with van der Waals surface area (Å²) in [6, 6.07) is 6.89. The minimum atomic E-state index is 0.101. The van der Waals surface area contributed by atoms with Gasteiger partial charge in [0.1, 0.15) is 0 Å². The molecule has 1 aromatic heterocycles. The zero-order valence-electron chi connectivity index (χ0n) is 13.6. The molecule has 3 heterocycles. The minimum Gasteiger partial charge on any atom is -0.361 e. The summed E-state index contributed by atoms with van der Waals surface area (Å²) in [7, 11) is 0. The monoisotopic (exact) mass is 346 g/mol.